The van der Waals surface area contributed by atoms with Crippen LogP contribution in [0.1, 0.15) is 11.4 Å². The Hall–Kier alpha value is -2.21. The highest BCUT2D eigenvalue weighted by atomic mass is 32.1. The molecule has 0 atom stereocenters. The van der Waals surface area contributed by atoms with Crippen LogP contribution >= 0.6 is 11.3 Å². The number of hydrogen-bond donors (Lipinski definition) is 0. The normalized spacial score (nSPS) is 15.4. The minimum Gasteiger partial charge on any atom is -0.353 e. The summed E-state index contributed by atoms with van der Waals surface area (Å²) in [5.74, 6) is 1.85. The fourth-order valence-electron chi connectivity index (χ4n) is 2.96. The Labute approximate surface area is 139 Å². The summed E-state index contributed by atoms with van der Waals surface area (Å²) in [6.45, 7) is 7.94. The predicted octanol–water partition coefficient (Wildman–Crippen LogP) is 3.03. The topological polar surface area (TPSA) is 45.2 Å². The van der Waals surface area contributed by atoms with Gasteiger partial charge in [0.05, 0.1) is 10.2 Å². The van der Waals surface area contributed by atoms with Crippen LogP contribution in [0.4, 0.5) is 10.9 Å². The molecule has 0 amide bonds. The molecular weight excluding hydrogens is 306 g/mol. The molecule has 2 aromatic heterocycles. The molecule has 1 aromatic carbocycles. The van der Waals surface area contributed by atoms with Gasteiger partial charge in [-0.1, -0.05) is 23.5 Å². The Morgan fingerprint density at radius 3 is 2.48 bits per heavy atom. The molecule has 118 valence electrons. The van der Waals surface area contributed by atoms with Crippen molar-refractivity contribution < 1.29 is 0 Å². The zero-order chi connectivity index (χ0) is 15.8. The minimum absolute atomic E-state index is 0.826. The molecule has 1 aliphatic rings. The summed E-state index contributed by atoms with van der Waals surface area (Å²) >= 11 is 1.79. The maximum Gasteiger partial charge on any atom is 0.186 e. The average Bonchev–Trinajstić information content (AvgIpc) is 3.01. The maximum atomic E-state index is 4.85. The van der Waals surface area contributed by atoms with Gasteiger partial charge in [-0.25, -0.2) is 15.0 Å². The van der Waals surface area contributed by atoms with Crippen molar-refractivity contribution in [1.29, 1.82) is 0 Å². The lowest BCUT2D eigenvalue weighted by Crippen LogP contribution is -2.46. The fourth-order valence-corrected chi connectivity index (χ4v) is 4.05. The molecule has 3 heterocycles. The third kappa shape index (κ3) is 2.74. The maximum absolute atomic E-state index is 4.85. The summed E-state index contributed by atoms with van der Waals surface area (Å²) in [4.78, 5) is 18.3. The molecule has 0 N–H and O–H groups in total. The van der Waals surface area contributed by atoms with Crippen LogP contribution in [0.5, 0.6) is 0 Å². The molecular formula is C17H19N5S. The van der Waals surface area contributed by atoms with Gasteiger partial charge in [0.1, 0.15) is 11.6 Å². The Bertz CT molecular complexity index is 836. The van der Waals surface area contributed by atoms with E-state index in [1.165, 1.54) is 10.3 Å². The number of thiazole rings is 1. The van der Waals surface area contributed by atoms with Crippen LogP contribution in [0.3, 0.4) is 0 Å². The van der Waals surface area contributed by atoms with E-state index in [4.69, 9.17) is 4.98 Å². The van der Waals surface area contributed by atoms with E-state index >= 15 is 0 Å². The number of nitrogens with zero attached hydrogens (tertiary/aromatic N) is 5. The van der Waals surface area contributed by atoms with Crippen molar-refractivity contribution in [2.75, 3.05) is 36.0 Å². The van der Waals surface area contributed by atoms with Crippen LogP contribution in [-0.4, -0.2) is 41.1 Å². The van der Waals surface area contributed by atoms with Gasteiger partial charge in [-0.2, -0.15) is 0 Å². The number of hydrogen-bond acceptors (Lipinski definition) is 6. The number of piperazine rings is 1. The molecule has 23 heavy (non-hydrogen) atoms. The van der Waals surface area contributed by atoms with E-state index in [0.29, 0.717) is 0 Å². The smallest absolute Gasteiger partial charge is 0.186 e. The first-order valence-electron chi connectivity index (χ1n) is 7.86. The Morgan fingerprint density at radius 2 is 1.74 bits per heavy atom. The zero-order valence-corrected chi connectivity index (χ0v) is 14.2. The minimum atomic E-state index is 0.826. The van der Waals surface area contributed by atoms with Crippen LogP contribution in [0.15, 0.2) is 30.5 Å². The van der Waals surface area contributed by atoms with Crippen molar-refractivity contribution in [2.24, 2.45) is 0 Å². The molecule has 1 fully saturated rings. The lowest BCUT2D eigenvalue weighted by molar-refractivity contribution is 0.645. The number of aromatic nitrogens is 3. The molecule has 0 saturated carbocycles. The van der Waals surface area contributed by atoms with Crippen molar-refractivity contribution >= 4 is 32.5 Å². The lowest BCUT2D eigenvalue weighted by atomic mass is 10.2. The second-order valence-electron chi connectivity index (χ2n) is 5.85. The van der Waals surface area contributed by atoms with Gasteiger partial charge in [-0.3, -0.25) is 0 Å². The van der Waals surface area contributed by atoms with Crippen LogP contribution in [0.25, 0.3) is 10.2 Å². The summed E-state index contributed by atoms with van der Waals surface area (Å²) < 4.78 is 1.27. The molecule has 5 nitrogen and oxygen atoms in total. The predicted molar refractivity (Wildman–Crippen MR) is 95.6 cm³/mol. The molecule has 0 bridgehead atoms. The van der Waals surface area contributed by atoms with Crippen LogP contribution < -0.4 is 9.80 Å². The van der Waals surface area contributed by atoms with Gasteiger partial charge < -0.3 is 9.80 Å². The lowest BCUT2D eigenvalue weighted by Gasteiger charge is -2.35. The summed E-state index contributed by atoms with van der Waals surface area (Å²) in [5, 5.41) is 1.13. The van der Waals surface area contributed by atoms with Crippen LogP contribution in [0, 0.1) is 13.8 Å². The SMILES string of the molecule is Cc1nccc(N2CCN(c3nc4c(C)cccc4s3)CC2)n1. The van der Waals surface area contributed by atoms with E-state index in [0.717, 1.165) is 48.5 Å². The number of benzene rings is 1. The molecule has 0 aliphatic carbocycles. The second-order valence-corrected chi connectivity index (χ2v) is 6.86. The van der Waals surface area contributed by atoms with E-state index in [2.05, 4.69) is 44.9 Å². The quantitative estimate of drug-likeness (QED) is 0.725. The number of anilines is 2. The van der Waals surface area contributed by atoms with Gasteiger partial charge in [-0.05, 0) is 31.5 Å². The first-order valence-corrected chi connectivity index (χ1v) is 8.68. The van der Waals surface area contributed by atoms with E-state index < -0.39 is 0 Å². The summed E-state index contributed by atoms with van der Waals surface area (Å²) in [5.41, 5.74) is 2.39. The van der Waals surface area contributed by atoms with Gasteiger partial charge in [0.2, 0.25) is 0 Å². The molecule has 0 radical (unpaired) electrons. The highest BCUT2D eigenvalue weighted by Gasteiger charge is 2.21. The van der Waals surface area contributed by atoms with Gasteiger partial charge >= 0.3 is 0 Å². The second kappa shape index (κ2) is 5.77. The molecule has 3 aromatic rings. The van der Waals surface area contributed by atoms with Crippen molar-refractivity contribution in [3.8, 4) is 0 Å². The number of aryl methyl sites for hydroxylation is 2. The van der Waals surface area contributed by atoms with Crippen molar-refractivity contribution in [3.63, 3.8) is 0 Å². The van der Waals surface area contributed by atoms with Crippen molar-refractivity contribution in [2.45, 2.75) is 13.8 Å². The molecule has 1 saturated heterocycles. The number of para-hydroxylation sites is 1. The van der Waals surface area contributed by atoms with E-state index in [9.17, 15) is 0 Å². The highest BCUT2D eigenvalue weighted by molar-refractivity contribution is 7.22. The average molecular weight is 325 g/mol. The molecule has 0 unspecified atom stereocenters. The van der Waals surface area contributed by atoms with Crippen LogP contribution in [0.2, 0.25) is 0 Å². The largest absolute Gasteiger partial charge is 0.353 e. The van der Waals surface area contributed by atoms with Gasteiger partial charge in [0.15, 0.2) is 5.13 Å². The number of rotatable bonds is 2. The monoisotopic (exact) mass is 325 g/mol. The van der Waals surface area contributed by atoms with E-state index in [1.54, 1.807) is 11.3 Å². The molecule has 4 rings (SSSR count). The molecule has 0 spiro atoms. The molecule has 1 aliphatic heterocycles. The van der Waals surface area contributed by atoms with E-state index in [-0.39, 0.29) is 0 Å². The van der Waals surface area contributed by atoms with Crippen molar-refractivity contribution in [1.82, 2.24) is 15.0 Å². The van der Waals surface area contributed by atoms with Gasteiger partial charge in [-0.15, -0.1) is 0 Å². The van der Waals surface area contributed by atoms with Gasteiger partial charge in [0, 0.05) is 32.4 Å². The summed E-state index contributed by atoms with van der Waals surface area (Å²) in [7, 11) is 0. The first kappa shape index (κ1) is 14.4. The van der Waals surface area contributed by atoms with Crippen molar-refractivity contribution in [3.05, 3.63) is 41.9 Å². The van der Waals surface area contributed by atoms with E-state index in [1.807, 2.05) is 19.2 Å². The zero-order valence-electron chi connectivity index (χ0n) is 13.4. The fraction of sp³-hybridized carbons (Fsp3) is 0.353. The van der Waals surface area contributed by atoms with Crippen LogP contribution in [-0.2, 0) is 0 Å². The Balaban J connectivity index is 1.51. The molecule has 6 heteroatoms. The Morgan fingerprint density at radius 1 is 0.957 bits per heavy atom. The highest BCUT2D eigenvalue weighted by Crippen LogP contribution is 2.31. The number of fused-ring (bicyclic) bond motifs is 1. The third-order valence-electron chi connectivity index (χ3n) is 4.24. The Kier molecular flexibility index (Phi) is 3.61. The standard InChI is InChI=1S/C17H19N5S/c1-12-4-3-5-14-16(12)20-17(23-14)22-10-8-21(9-11-22)15-6-7-18-13(2)19-15/h3-7H,8-11H2,1-2H3. The summed E-state index contributed by atoms with van der Waals surface area (Å²) in [6, 6.07) is 8.38. The first-order chi connectivity index (χ1) is 11.2. The summed E-state index contributed by atoms with van der Waals surface area (Å²) in [6.07, 6.45) is 1.83. The third-order valence-corrected chi connectivity index (χ3v) is 5.33. The van der Waals surface area contributed by atoms with Gasteiger partial charge in [0.25, 0.3) is 0 Å².